The summed E-state index contributed by atoms with van der Waals surface area (Å²) in [5, 5.41) is 4.15. The maximum atomic E-state index is 6.30. The number of alkyl halides is 1. The lowest BCUT2D eigenvalue weighted by Crippen LogP contribution is -2.31. The smallest absolute Gasteiger partial charge is 0.0376 e. The van der Waals surface area contributed by atoms with E-state index < -0.39 is 0 Å². The molecule has 2 heteroatoms. The summed E-state index contributed by atoms with van der Waals surface area (Å²) in [5.41, 5.74) is 0. The Balaban J connectivity index is 1.37. The van der Waals surface area contributed by atoms with Crippen LogP contribution in [0.5, 0.6) is 0 Å². The summed E-state index contributed by atoms with van der Waals surface area (Å²) in [6, 6.07) is 0. The molecule has 0 aromatic rings. The van der Waals surface area contributed by atoms with Crippen LogP contribution in [0.3, 0.4) is 0 Å². The first-order chi connectivity index (χ1) is 7.83. The van der Waals surface area contributed by atoms with Crippen LogP contribution in [0.25, 0.3) is 0 Å². The lowest BCUT2D eigenvalue weighted by atomic mass is 9.89. The third kappa shape index (κ3) is 2.26. The van der Waals surface area contributed by atoms with Gasteiger partial charge in [-0.1, -0.05) is 12.8 Å². The van der Waals surface area contributed by atoms with E-state index in [9.17, 15) is 0 Å². The molecule has 3 fully saturated rings. The predicted molar refractivity (Wildman–Crippen MR) is 68.8 cm³/mol. The van der Waals surface area contributed by atoms with E-state index in [-0.39, 0.29) is 0 Å². The second-order valence-electron chi connectivity index (χ2n) is 6.30. The Morgan fingerprint density at radius 1 is 0.938 bits per heavy atom. The van der Waals surface area contributed by atoms with Crippen molar-refractivity contribution in [3.8, 4) is 0 Å². The Morgan fingerprint density at radius 2 is 1.81 bits per heavy atom. The molecule has 16 heavy (non-hydrogen) atoms. The lowest BCUT2D eigenvalue weighted by Gasteiger charge is -2.23. The van der Waals surface area contributed by atoms with Gasteiger partial charge in [0.1, 0.15) is 0 Å². The second-order valence-corrected chi connectivity index (χ2v) is 6.86. The largest absolute Gasteiger partial charge is 0.316 e. The molecular weight excluding hydrogens is 218 g/mol. The molecule has 0 radical (unpaired) electrons. The van der Waals surface area contributed by atoms with Crippen molar-refractivity contribution in [3.05, 3.63) is 0 Å². The van der Waals surface area contributed by atoms with Gasteiger partial charge in [-0.25, -0.2) is 0 Å². The van der Waals surface area contributed by atoms with E-state index in [0.717, 1.165) is 23.7 Å². The zero-order chi connectivity index (χ0) is 11.0. The molecular formula is C14H24ClN. The van der Waals surface area contributed by atoms with Crippen molar-refractivity contribution in [2.45, 2.75) is 50.3 Å². The third-order valence-corrected chi connectivity index (χ3v) is 5.84. The molecule has 0 spiro atoms. The molecule has 3 rings (SSSR count). The number of fused-ring (bicyclic) bond motifs is 2. The van der Waals surface area contributed by atoms with Crippen molar-refractivity contribution in [2.24, 2.45) is 23.7 Å². The second kappa shape index (κ2) is 4.86. The number of nitrogens with one attached hydrogen (secondary N) is 1. The number of hydrogen-bond acceptors (Lipinski definition) is 1. The van der Waals surface area contributed by atoms with Crippen LogP contribution in [0.1, 0.15) is 44.9 Å². The van der Waals surface area contributed by atoms with Gasteiger partial charge in [0, 0.05) is 5.38 Å². The van der Waals surface area contributed by atoms with Crippen LogP contribution >= 0.6 is 11.6 Å². The van der Waals surface area contributed by atoms with Gasteiger partial charge in [0.2, 0.25) is 0 Å². The van der Waals surface area contributed by atoms with Crippen molar-refractivity contribution in [3.63, 3.8) is 0 Å². The highest BCUT2D eigenvalue weighted by atomic mass is 35.5. The summed E-state index contributed by atoms with van der Waals surface area (Å²) in [5.74, 6) is 3.89. The Hall–Kier alpha value is 0.250. The Labute approximate surface area is 104 Å². The fourth-order valence-electron chi connectivity index (χ4n) is 4.30. The molecule has 3 aliphatic rings. The van der Waals surface area contributed by atoms with Crippen molar-refractivity contribution in [1.29, 1.82) is 0 Å². The Kier molecular flexibility index (Phi) is 3.44. The molecule has 0 aromatic heterocycles. The molecule has 0 heterocycles. The first kappa shape index (κ1) is 11.3. The van der Waals surface area contributed by atoms with Crippen LogP contribution < -0.4 is 5.32 Å². The summed E-state index contributed by atoms with van der Waals surface area (Å²) < 4.78 is 0. The number of halogens is 1. The lowest BCUT2D eigenvalue weighted by molar-refractivity contribution is 0.311. The maximum Gasteiger partial charge on any atom is 0.0376 e. The highest BCUT2D eigenvalue weighted by Gasteiger charge is 2.39. The molecule has 5 unspecified atom stereocenters. The van der Waals surface area contributed by atoms with Gasteiger partial charge in [-0.3, -0.25) is 0 Å². The highest BCUT2D eigenvalue weighted by molar-refractivity contribution is 6.20. The zero-order valence-corrected chi connectivity index (χ0v) is 10.9. The molecule has 2 bridgehead atoms. The van der Waals surface area contributed by atoms with Gasteiger partial charge >= 0.3 is 0 Å². The summed E-state index contributed by atoms with van der Waals surface area (Å²) in [6.45, 7) is 2.43. The zero-order valence-electron chi connectivity index (χ0n) is 10.1. The molecule has 3 saturated carbocycles. The Morgan fingerprint density at radius 3 is 2.44 bits per heavy atom. The molecule has 0 aliphatic heterocycles. The summed E-state index contributed by atoms with van der Waals surface area (Å²) in [7, 11) is 0. The first-order valence-electron chi connectivity index (χ1n) is 7.17. The average molecular weight is 242 g/mol. The topological polar surface area (TPSA) is 12.0 Å². The van der Waals surface area contributed by atoms with Gasteiger partial charge in [-0.05, 0) is 68.9 Å². The molecule has 0 saturated heterocycles. The number of rotatable bonds is 4. The minimum atomic E-state index is 0.451. The van der Waals surface area contributed by atoms with Gasteiger partial charge in [-0.2, -0.15) is 0 Å². The van der Waals surface area contributed by atoms with Crippen LogP contribution in [0.4, 0.5) is 0 Å². The van der Waals surface area contributed by atoms with Crippen molar-refractivity contribution in [1.82, 2.24) is 5.32 Å². The van der Waals surface area contributed by atoms with Crippen LogP contribution in [0.2, 0.25) is 0 Å². The summed E-state index contributed by atoms with van der Waals surface area (Å²) in [4.78, 5) is 0. The molecule has 92 valence electrons. The molecule has 3 aliphatic carbocycles. The van der Waals surface area contributed by atoms with Crippen molar-refractivity contribution < 1.29 is 0 Å². The van der Waals surface area contributed by atoms with E-state index in [1.807, 2.05) is 0 Å². The first-order valence-corrected chi connectivity index (χ1v) is 7.61. The van der Waals surface area contributed by atoms with E-state index in [1.165, 1.54) is 58.0 Å². The average Bonchev–Trinajstić information content (AvgIpc) is 2.96. The van der Waals surface area contributed by atoms with Crippen LogP contribution in [-0.4, -0.2) is 18.5 Å². The molecule has 1 nitrogen and oxygen atoms in total. The molecule has 0 aromatic carbocycles. The van der Waals surface area contributed by atoms with Gasteiger partial charge < -0.3 is 5.32 Å². The van der Waals surface area contributed by atoms with E-state index in [2.05, 4.69) is 5.32 Å². The van der Waals surface area contributed by atoms with E-state index in [0.29, 0.717) is 5.38 Å². The standard InChI is InChI=1S/C14H24ClN/c15-14-3-1-2-12(14)8-16-9-13-7-10-4-5-11(13)6-10/h10-14,16H,1-9H2. The quantitative estimate of drug-likeness (QED) is 0.744. The van der Waals surface area contributed by atoms with Crippen molar-refractivity contribution in [2.75, 3.05) is 13.1 Å². The monoisotopic (exact) mass is 241 g/mol. The molecule has 5 atom stereocenters. The summed E-state index contributed by atoms with van der Waals surface area (Å²) >= 11 is 6.30. The van der Waals surface area contributed by atoms with Gasteiger partial charge in [0.05, 0.1) is 0 Å². The van der Waals surface area contributed by atoms with Crippen molar-refractivity contribution >= 4 is 11.6 Å². The minimum absolute atomic E-state index is 0.451. The van der Waals surface area contributed by atoms with Gasteiger partial charge in [-0.15, -0.1) is 11.6 Å². The van der Waals surface area contributed by atoms with E-state index >= 15 is 0 Å². The third-order valence-electron chi connectivity index (χ3n) is 5.26. The predicted octanol–water partition coefficient (Wildman–Crippen LogP) is 3.42. The molecule has 0 amide bonds. The van der Waals surface area contributed by atoms with E-state index in [1.54, 1.807) is 0 Å². The number of hydrogen-bond donors (Lipinski definition) is 1. The van der Waals surface area contributed by atoms with Gasteiger partial charge in [0.25, 0.3) is 0 Å². The minimum Gasteiger partial charge on any atom is -0.316 e. The SMILES string of the molecule is ClC1CCCC1CNCC1CC2CCC1C2. The Bertz CT molecular complexity index is 243. The fourth-order valence-corrected chi connectivity index (χ4v) is 4.67. The molecule has 1 N–H and O–H groups in total. The van der Waals surface area contributed by atoms with E-state index in [4.69, 9.17) is 11.6 Å². The highest BCUT2D eigenvalue weighted by Crippen LogP contribution is 2.47. The fraction of sp³-hybridized carbons (Fsp3) is 1.00. The van der Waals surface area contributed by atoms with Crippen LogP contribution in [0.15, 0.2) is 0 Å². The van der Waals surface area contributed by atoms with Gasteiger partial charge in [0.15, 0.2) is 0 Å². The maximum absolute atomic E-state index is 6.30. The van der Waals surface area contributed by atoms with Crippen LogP contribution in [0, 0.1) is 23.7 Å². The van der Waals surface area contributed by atoms with Crippen LogP contribution in [-0.2, 0) is 0 Å². The normalized spacial score (nSPS) is 46.7. The summed E-state index contributed by atoms with van der Waals surface area (Å²) in [6.07, 6.45) is 10.0.